The van der Waals surface area contributed by atoms with Gasteiger partial charge in [0, 0.05) is 18.4 Å². The monoisotopic (exact) mass is 313 g/mol. The van der Waals surface area contributed by atoms with Crippen molar-refractivity contribution in [3.05, 3.63) is 24.0 Å². The van der Waals surface area contributed by atoms with Crippen LogP contribution in [0.5, 0.6) is 0 Å². The smallest absolute Gasteiger partial charge is 0.0222 e. The van der Waals surface area contributed by atoms with Gasteiger partial charge >= 0.3 is 0 Å². The summed E-state index contributed by atoms with van der Waals surface area (Å²) in [5, 5.41) is 0. The molecular formula is C19H36ClN. The fourth-order valence-corrected chi connectivity index (χ4v) is 2.85. The van der Waals surface area contributed by atoms with E-state index in [-0.39, 0.29) is 12.4 Å². The third-order valence-electron chi connectivity index (χ3n) is 4.21. The lowest BCUT2D eigenvalue weighted by Gasteiger charge is -2.09. The van der Waals surface area contributed by atoms with Crippen LogP contribution in [0.1, 0.15) is 90.2 Å². The van der Waals surface area contributed by atoms with E-state index >= 15 is 0 Å². The highest BCUT2D eigenvalue weighted by molar-refractivity contribution is 5.85. The van der Waals surface area contributed by atoms with Crippen LogP contribution in [0.3, 0.4) is 0 Å². The van der Waals surface area contributed by atoms with Gasteiger partial charge in [-0.2, -0.15) is 0 Å². The van der Waals surface area contributed by atoms with Gasteiger partial charge in [0.15, 0.2) is 0 Å². The average Bonchev–Trinajstić information content (AvgIpc) is 2.91. The molecule has 0 unspecified atom stereocenters. The maximum absolute atomic E-state index is 2.47. The molecule has 2 heteroatoms. The average molecular weight is 314 g/mol. The van der Waals surface area contributed by atoms with Crippen molar-refractivity contribution in [3.8, 4) is 0 Å². The van der Waals surface area contributed by atoms with E-state index < -0.39 is 0 Å². The molecule has 0 saturated carbocycles. The summed E-state index contributed by atoms with van der Waals surface area (Å²) < 4.78 is 2.47. The molecule has 0 aliphatic carbocycles. The molecule has 0 fully saturated rings. The van der Waals surface area contributed by atoms with E-state index in [1.165, 1.54) is 89.3 Å². The highest BCUT2D eigenvalue weighted by Crippen LogP contribution is 2.12. The maximum atomic E-state index is 2.47. The number of nitrogens with zero attached hydrogens (tertiary/aromatic N) is 1. The molecule has 1 rings (SSSR count). The van der Waals surface area contributed by atoms with E-state index in [0.29, 0.717) is 0 Å². The molecule has 1 aromatic heterocycles. The van der Waals surface area contributed by atoms with Gasteiger partial charge in [0.1, 0.15) is 0 Å². The van der Waals surface area contributed by atoms with Crippen LogP contribution in [0.2, 0.25) is 0 Å². The van der Waals surface area contributed by atoms with Crippen molar-refractivity contribution in [1.29, 1.82) is 0 Å². The van der Waals surface area contributed by atoms with Crippen molar-refractivity contribution in [2.24, 2.45) is 0 Å². The van der Waals surface area contributed by atoms with Gasteiger partial charge < -0.3 is 4.57 Å². The Labute approximate surface area is 138 Å². The highest BCUT2D eigenvalue weighted by atomic mass is 35.5. The number of aromatic nitrogens is 1. The Morgan fingerprint density at radius 1 is 0.762 bits per heavy atom. The molecule has 0 N–H and O–H groups in total. The standard InChI is InChI=1S/C19H35N.ClH/c1-3-5-7-8-9-10-11-12-13-17-20-18-14-16-19(20)15-6-4-2;/h14,16,18H,3-13,15,17H2,1-2H3;1H. The van der Waals surface area contributed by atoms with Gasteiger partial charge in [0.2, 0.25) is 0 Å². The second-order valence-electron chi connectivity index (χ2n) is 6.12. The Bertz CT molecular complexity index is 319. The van der Waals surface area contributed by atoms with Crippen molar-refractivity contribution < 1.29 is 0 Å². The molecule has 0 amide bonds. The van der Waals surface area contributed by atoms with E-state index in [1.807, 2.05) is 0 Å². The Morgan fingerprint density at radius 2 is 1.33 bits per heavy atom. The Morgan fingerprint density at radius 3 is 1.95 bits per heavy atom. The quantitative estimate of drug-likeness (QED) is 0.353. The minimum Gasteiger partial charge on any atom is -0.351 e. The molecule has 0 atom stereocenters. The van der Waals surface area contributed by atoms with Gasteiger partial charge in [-0.3, -0.25) is 0 Å². The van der Waals surface area contributed by atoms with Gasteiger partial charge in [0.05, 0.1) is 0 Å². The first kappa shape index (κ1) is 20.6. The maximum Gasteiger partial charge on any atom is 0.0222 e. The minimum absolute atomic E-state index is 0. The fraction of sp³-hybridized carbons (Fsp3) is 0.789. The summed E-state index contributed by atoms with van der Waals surface area (Å²) >= 11 is 0. The van der Waals surface area contributed by atoms with Gasteiger partial charge in [0.25, 0.3) is 0 Å². The first-order valence-electron chi connectivity index (χ1n) is 9.02. The number of rotatable bonds is 13. The second-order valence-corrected chi connectivity index (χ2v) is 6.12. The lowest BCUT2D eigenvalue weighted by molar-refractivity contribution is 0.531. The summed E-state index contributed by atoms with van der Waals surface area (Å²) in [6.45, 7) is 5.78. The Kier molecular flexibility index (Phi) is 14.2. The number of aryl methyl sites for hydroxylation is 2. The van der Waals surface area contributed by atoms with Crippen LogP contribution < -0.4 is 0 Å². The van der Waals surface area contributed by atoms with Crippen molar-refractivity contribution in [2.45, 2.75) is 97.4 Å². The van der Waals surface area contributed by atoms with Crippen LogP contribution >= 0.6 is 12.4 Å². The molecular weight excluding hydrogens is 278 g/mol. The SMILES string of the molecule is CCCCCCCCCCCn1cccc1CCCC.Cl. The van der Waals surface area contributed by atoms with E-state index in [9.17, 15) is 0 Å². The molecule has 124 valence electrons. The summed E-state index contributed by atoms with van der Waals surface area (Å²) in [7, 11) is 0. The van der Waals surface area contributed by atoms with Crippen LogP contribution in [0.15, 0.2) is 18.3 Å². The zero-order valence-electron chi connectivity index (χ0n) is 14.3. The van der Waals surface area contributed by atoms with Crippen LogP contribution in [-0.4, -0.2) is 4.57 Å². The molecule has 1 aromatic rings. The molecule has 0 aromatic carbocycles. The third kappa shape index (κ3) is 10.0. The van der Waals surface area contributed by atoms with E-state index in [0.717, 1.165) is 0 Å². The van der Waals surface area contributed by atoms with Gasteiger partial charge in [-0.05, 0) is 31.4 Å². The van der Waals surface area contributed by atoms with Crippen LogP contribution in [0.25, 0.3) is 0 Å². The lowest BCUT2D eigenvalue weighted by atomic mass is 10.1. The molecule has 0 aliphatic heterocycles. The second kappa shape index (κ2) is 14.5. The Hall–Kier alpha value is -0.430. The summed E-state index contributed by atoms with van der Waals surface area (Å²) in [6, 6.07) is 4.50. The zero-order chi connectivity index (χ0) is 14.5. The first-order chi connectivity index (χ1) is 9.88. The molecule has 0 saturated heterocycles. The fourth-order valence-electron chi connectivity index (χ4n) is 2.85. The molecule has 1 heterocycles. The van der Waals surface area contributed by atoms with Crippen LogP contribution in [0.4, 0.5) is 0 Å². The molecule has 21 heavy (non-hydrogen) atoms. The van der Waals surface area contributed by atoms with Crippen LogP contribution in [0, 0.1) is 0 Å². The molecule has 1 nitrogen and oxygen atoms in total. The first-order valence-corrected chi connectivity index (χ1v) is 9.02. The lowest BCUT2D eigenvalue weighted by Crippen LogP contribution is -2.02. The minimum atomic E-state index is 0. The zero-order valence-corrected chi connectivity index (χ0v) is 15.1. The number of hydrogen-bond acceptors (Lipinski definition) is 0. The molecule has 0 aliphatic rings. The van der Waals surface area contributed by atoms with Gasteiger partial charge in [-0.15, -0.1) is 12.4 Å². The Balaban J connectivity index is 0.00000400. The van der Waals surface area contributed by atoms with E-state index in [4.69, 9.17) is 0 Å². The largest absolute Gasteiger partial charge is 0.351 e. The summed E-state index contributed by atoms with van der Waals surface area (Å²) in [5.74, 6) is 0. The highest BCUT2D eigenvalue weighted by Gasteiger charge is 2.00. The van der Waals surface area contributed by atoms with Crippen LogP contribution in [-0.2, 0) is 13.0 Å². The van der Waals surface area contributed by atoms with Crippen molar-refractivity contribution in [1.82, 2.24) is 4.57 Å². The summed E-state index contributed by atoms with van der Waals surface area (Å²) in [4.78, 5) is 0. The predicted octanol–water partition coefficient (Wildman–Crippen LogP) is 6.78. The molecule has 0 spiro atoms. The van der Waals surface area contributed by atoms with Gasteiger partial charge in [-0.1, -0.05) is 71.6 Å². The summed E-state index contributed by atoms with van der Waals surface area (Å²) in [5.41, 5.74) is 1.53. The predicted molar refractivity (Wildman–Crippen MR) is 97.5 cm³/mol. The number of halogens is 1. The number of hydrogen-bond donors (Lipinski definition) is 0. The van der Waals surface area contributed by atoms with Crippen molar-refractivity contribution in [3.63, 3.8) is 0 Å². The topological polar surface area (TPSA) is 4.93 Å². The van der Waals surface area contributed by atoms with E-state index in [2.05, 4.69) is 36.7 Å². The molecule has 0 radical (unpaired) electrons. The van der Waals surface area contributed by atoms with E-state index in [1.54, 1.807) is 0 Å². The van der Waals surface area contributed by atoms with Crippen molar-refractivity contribution in [2.75, 3.05) is 0 Å². The van der Waals surface area contributed by atoms with Gasteiger partial charge in [-0.25, -0.2) is 0 Å². The number of unbranched alkanes of at least 4 members (excludes halogenated alkanes) is 9. The third-order valence-corrected chi connectivity index (χ3v) is 4.21. The normalized spacial score (nSPS) is 10.6. The summed E-state index contributed by atoms with van der Waals surface area (Å²) in [6.07, 6.45) is 18.9. The van der Waals surface area contributed by atoms with Crippen molar-refractivity contribution >= 4 is 12.4 Å². The molecule has 0 bridgehead atoms.